The van der Waals surface area contributed by atoms with Crippen LogP contribution in [0.15, 0.2) is 42.2 Å². The minimum Gasteiger partial charge on any atom is -0.400 e. The van der Waals surface area contributed by atoms with Crippen molar-refractivity contribution in [3.05, 3.63) is 69.6 Å². The van der Waals surface area contributed by atoms with Gasteiger partial charge in [0, 0.05) is 30.3 Å². The zero-order valence-electron chi connectivity index (χ0n) is 17.8. The molecule has 0 bridgehead atoms. The van der Waals surface area contributed by atoms with Gasteiger partial charge in [-0.2, -0.15) is 0 Å². The number of aldehydes is 1. The molecule has 1 aromatic heterocycles. The summed E-state index contributed by atoms with van der Waals surface area (Å²) in [6.45, 7) is 12.4. The number of aliphatic hydroxyl groups excluding tert-OH is 1. The van der Waals surface area contributed by atoms with Gasteiger partial charge in [0.2, 0.25) is 0 Å². The molecule has 1 aromatic carbocycles. The summed E-state index contributed by atoms with van der Waals surface area (Å²) in [5.74, 6) is -0.806. The molecule has 5 nitrogen and oxygen atoms in total. The van der Waals surface area contributed by atoms with E-state index < -0.39 is 23.1 Å². The third-order valence-corrected chi connectivity index (χ3v) is 4.41. The van der Waals surface area contributed by atoms with E-state index in [1.807, 2.05) is 0 Å². The van der Waals surface area contributed by atoms with E-state index >= 15 is 0 Å². The van der Waals surface area contributed by atoms with Crippen molar-refractivity contribution < 1.29 is 19.0 Å². The maximum Gasteiger partial charge on any atom is 0.258 e. The molecule has 0 aliphatic heterocycles. The first-order valence-corrected chi connectivity index (χ1v) is 9.47. The van der Waals surface area contributed by atoms with E-state index in [0.29, 0.717) is 22.4 Å². The van der Waals surface area contributed by atoms with E-state index in [4.69, 9.17) is 21.4 Å². The first-order chi connectivity index (χ1) is 14.0. The van der Waals surface area contributed by atoms with Crippen LogP contribution in [0.4, 0.5) is 4.39 Å². The van der Waals surface area contributed by atoms with Crippen molar-refractivity contribution in [2.24, 2.45) is 7.05 Å². The zero-order chi connectivity index (χ0) is 23.2. The average Bonchev–Trinajstić information content (AvgIpc) is 2.69. The van der Waals surface area contributed by atoms with Crippen molar-refractivity contribution in [3.8, 4) is 11.1 Å². The van der Waals surface area contributed by atoms with Gasteiger partial charge in [-0.3, -0.25) is 4.79 Å². The minimum absolute atomic E-state index is 0.0141. The van der Waals surface area contributed by atoms with Crippen LogP contribution in [0.3, 0.4) is 0 Å². The van der Waals surface area contributed by atoms with Crippen LogP contribution < -0.4 is 5.56 Å². The number of hydrogen-bond acceptors (Lipinski definition) is 4. The van der Waals surface area contributed by atoms with Gasteiger partial charge in [0.1, 0.15) is 5.83 Å². The lowest BCUT2D eigenvalue weighted by molar-refractivity contribution is -0.129. The largest absolute Gasteiger partial charge is 0.400 e. The fourth-order valence-corrected chi connectivity index (χ4v) is 3.20. The minimum atomic E-state index is -1.10. The van der Waals surface area contributed by atoms with Gasteiger partial charge in [-0.15, -0.1) is 0 Å². The molecule has 0 radical (unpaired) electrons. The molecular formula is C23H27ClFNO4. The zero-order valence-corrected chi connectivity index (χ0v) is 18.6. The van der Waals surface area contributed by atoms with Crippen molar-refractivity contribution in [1.29, 1.82) is 0 Å². The Hall–Kier alpha value is -2.54. The predicted octanol–water partition coefficient (Wildman–Crippen LogP) is 4.95. The van der Waals surface area contributed by atoms with Crippen LogP contribution in [0, 0.1) is 0 Å². The van der Waals surface area contributed by atoms with Gasteiger partial charge in [-0.25, -0.2) is 4.39 Å². The number of carbonyl (C=O) groups excluding carboxylic acids is 1. The molecule has 1 unspecified atom stereocenters. The van der Waals surface area contributed by atoms with Crippen molar-refractivity contribution in [3.63, 3.8) is 0 Å². The van der Waals surface area contributed by atoms with Crippen LogP contribution in [0.2, 0.25) is 5.02 Å². The van der Waals surface area contributed by atoms with E-state index in [1.54, 1.807) is 45.0 Å². The fourth-order valence-electron chi connectivity index (χ4n) is 3.07. The number of benzene rings is 1. The molecule has 7 heteroatoms. The third-order valence-electron chi connectivity index (χ3n) is 4.15. The number of carbonyl (C=O) groups is 1. The Morgan fingerprint density at radius 3 is 2.20 bits per heavy atom. The SMILES string of the molecule is C=Cc1c(C(=C)F)c(-c2ccc(Cl)cc2)c(C(C=O)OC(C)(C)C)n(C)c1=O.CO. The molecule has 0 aliphatic carbocycles. The smallest absolute Gasteiger partial charge is 0.258 e. The number of aliphatic hydroxyl groups is 1. The second-order valence-electron chi connectivity index (χ2n) is 7.32. The van der Waals surface area contributed by atoms with Crippen molar-refractivity contribution in [2.45, 2.75) is 32.5 Å². The summed E-state index contributed by atoms with van der Waals surface area (Å²) in [7, 11) is 2.51. The molecular weight excluding hydrogens is 409 g/mol. The topological polar surface area (TPSA) is 68.5 Å². The summed E-state index contributed by atoms with van der Waals surface area (Å²) in [4.78, 5) is 24.8. The third kappa shape index (κ3) is 5.53. The lowest BCUT2D eigenvalue weighted by atomic mass is 9.91. The van der Waals surface area contributed by atoms with E-state index in [1.165, 1.54) is 17.7 Å². The second-order valence-corrected chi connectivity index (χ2v) is 7.75. The van der Waals surface area contributed by atoms with Crippen molar-refractivity contribution in [2.75, 3.05) is 7.11 Å². The van der Waals surface area contributed by atoms with E-state index in [-0.39, 0.29) is 16.8 Å². The highest BCUT2D eigenvalue weighted by Gasteiger charge is 2.30. The Balaban J connectivity index is 0.00000218. The fraction of sp³-hybridized carbons (Fsp3) is 0.304. The molecule has 1 N–H and O–H groups in total. The molecule has 1 heterocycles. The van der Waals surface area contributed by atoms with Gasteiger partial charge in [-0.05, 0) is 38.5 Å². The lowest BCUT2D eigenvalue weighted by Crippen LogP contribution is -2.31. The van der Waals surface area contributed by atoms with Gasteiger partial charge in [0.25, 0.3) is 5.56 Å². The Kier molecular flexibility index (Phi) is 8.90. The molecule has 0 aliphatic rings. The van der Waals surface area contributed by atoms with Gasteiger partial charge >= 0.3 is 0 Å². The Morgan fingerprint density at radius 1 is 1.27 bits per heavy atom. The first-order valence-electron chi connectivity index (χ1n) is 9.09. The average molecular weight is 436 g/mol. The molecule has 2 rings (SSSR count). The standard InChI is InChI=1S/C22H23ClFNO3.CH4O/c1-7-16-18(13(2)24)19(14-8-10-15(23)11-9-14)20(25(6)21(16)27)17(12-26)28-22(3,4)5;1-2/h7-12,17H,1-2H2,3-6H3;2H,1H3. The molecule has 2 aromatic rings. The normalized spacial score (nSPS) is 11.9. The number of pyridine rings is 1. The summed E-state index contributed by atoms with van der Waals surface area (Å²) < 4.78 is 21.7. The van der Waals surface area contributed by atoms with Gasteiger partial charge in [0.05, 0.1) is 16.9 Å². The van der Waals surface area contributed by atoms with Crippen LogP contribution in [0.1, 0.15) is 43.7 Å². The summed E-state index contributed by atoms with van der Waals surface area (Å²) >= 11 is 5.99. The molecule has 0 spiro atoms. The monoisotopic (exact) mass is 435 g/mol. The van der Waals surface area contributed by atoms with E-state index in [0.717, 1.165) is 7.11 Å². The molecule has 1 atom stereocenters. The Bertz CT molecular complexity index is 988. The first kappa shape index (κ1) is 25.5. The van der Waals surface area contributed by atoms with Crippen molar-refractivity contribution in [1.82, 2.24) is 4.57 Å². The van der Waals surface area contributed by atoms with Crippen LogP contribution in [-0.4, -0.2) is 28.7 Å². The highest BCUT2D eigenvalue weighted by atomic mass is 35.5. The maximum absolute atomic E-state index is 14.6. The predicted molar refractivity (Wildman–Crippen MR) is 120 cm³/mol. The highest BCUT2D eigenvalue weighted by molar-refractivity contribution is 6.30. The summed E-state index contributed by atoms with van der Waals surface area (Å²) in [5, 5.41) is 7.50. The number of hydrogen-bond donors (Lipinski definition) is 1. The van der Waals surface area contributed by atoms with Crippen molar-refractivity contribution >= 4 is 29.8 Å². The van der Waals surface area contributed by atoms with Gasteiger partial charge < -0.3 is 19.2 Å². The lowest BCUT2D eigenvalue weighted by Gasteiger charge is -2.28. The number of nitrogens with zero attached hydrogens (tertiary/aromatic N) is 1. The van der Waals surface area contributed by atoms with E-state index in [9.17, 15) is 14.0 Å². The van der Waals surface area contributed by atoms with Crippen LogP contribution in [0.25, 0.3) is 23.0 Å². The maximum atomic E-state index is 14.6. The van der Waals surface area contributed by atoms with Gasteiger partial charge in [-0.1, -0.05) is 43.0 Å². The van der Waals surface area contributed by atoms with E-state index in [2.05, 4.69) is 13.2 Å². The highest BCUT2D eigenvalue weighted by Crippen LogP contribution is 2.38. The van der Waals surface area contributed by atoms with Gasteiger partial charge in [0.15, 0.2) is 12.4 Å². The molecule has 0 saturated carbocycles. The molecule has 30 heavy (non-hydrogen) atoms. The van der Waals surface area contributed by atoms with Crippen LogP contribution in [-0.2, 0) is 16.6 Å². The Morgan fingerprint density at radius 2 is 1.80 bits per heavy atom. The molecule has 162 valence electrons. The van der Waals surface area contributed by atoms with Crippen LogP contribution in [0.5, 0.6) is 0 Å². The Labute approximate surface area is 181 Å². The molecule has 0 amide bonds. The molecule has 0 fully saturated rings. The summed E-state index contributed by atoms with van der Waals surface area (Å²) in [5.41, 5.74) is 0.00303. The summed E-state index contributed by atoms with van der Waals surface area (Å²) in [6.07, 6.45) is 0.782. The quantitative estimate of drug-likeness (QED) is 0.651. The number of rotatable bonds is 6. The number of ether oxygens (including phenoxy) is 1. The van der Waals surface area contributed by atoms with Crippen LogP contribution >= 0.6 is 11.6 Å². The second kappa shape index (κ2) is 10.5. The number of halogens is 2. The number of aromatic nitrogens is 1. The summed E-state index contributed by atoms with van der Waals surface area (Å²) in [6, 6.07) is 6.66. The molecule has 0 saturated heterocycles.